The Morgan fingerprint density at radius 2 is 2.20 bits per heavy atom. The maximum absolute atomic E-state index is 11.6. The predicted molar refractivity (Wildman–Crippen MR) is 77.9 cm³/mol. The molecule has 0 spiro atoms. The van der Waals surface area contributed by atoms with E-state index in [9.17, 15) is 4.79 Å². The van der Waals surface area contributed by atoms with Gasteiger partial charge in [-0.1, -0.05) is 18.2 Å². The minimum absolute atomic E-state index is 0.0206. The first-order valence-corrected chi connectivity index (χ1v) is 7.19. The SMILES string of the molecule is COC(=O)C1CCCN(CCOc2ccccc2C)C1. The molecule has 0 aromatic heterocycles. The lowest BCUT2D eigenvalue weighted by atomic mass is 9.98. The van der Waals surface area contributed by atoms with E-state index in [2.05, 4.69) is 4.90 Å². The largest absolute Gasteiger partial charge is 0.492 e. The lowest BCUT2D eigenvalue weighted by Gasteiger charge is -2.31. The van der Waals surface area contributed by atoms with Crippen LogP contribution in [0.25, 0.3) is 0 Å². The summed E-state index contributed by atoms with van der Waals surface area (Å²) < 4.78 is 10.6. The number of hydrogen-bond acceptors (Lipinski definition) is 4. The van der Waals surface area contributed by atoms with Gasteiger partial charge in [0.05, 0.1) is 13.0 Å². The third-order valence-electron chi connectivity index (χ3n) is 3.80. The van der Waals surface area contributed by atoms with Gasteiger partial charge in [-0.2, -0.15) is 0 Å². The van der Waals surface area contributed by atoms with Gasteiger partial charge in [0.1, 0.15) is 12.4 Å². The van der Waals surface area contributed by atoms with Crippen molar-refractivity contribution < 1.29 is 14.3 Å². The molecule has 4 heteroatoms. The average molecular weight is 277 g/mol. The first kappa shape index (κ1) is 14.9. The maximum atomic E-state index is 11.6. The summed E-state index contributed by atoms with van der Waals surface area (Å²) >= 11 is 0. The first-order valence-electron chi connectivity index (χ1n) is 7.19. The molecule has 110 valence electrons. The van der Waals surface area contributed by atoms with Crippen molar-refractivity contribution in [3.05, 3.63) is 29.8 Å². The van der Waals surface area contributed by atoms with Crippen molar-refractivity contribution in [2.24, 2.45) is 5.92 Å². The van der Waals surface area contributed by atoms with Crippen LogP contribution in [-0.2, 0) is 9.53 Å². The van der Waals surface area contributed by atoms with Crippen molar-refractivity contribution in [2.75, 3.05) is 33.4 Å². The lowest BCUT2D eigenvalue weighted by Crippen LogP contribution is -2.41. The van der Waals surface area contributed by atoms with Crippen molar-refractivity contribution >= 4 is 5.97 Å². The maximum Gasteiger partial charge on any atom is 0.309 e. The topological polar surface area (TPSA) is 38.8 Å². The van der Waals surface area contributed by atoms with E-state index in [4.69, 9.17) is 9.47 Å². The number of carbonyl (C=O) groups excluding carboxylic acids is 1. The van der Waals surface area contributed by atoms with Crippen molar-refractivity contribution in [1.29, 1.82) is 0 Å². The van der Waals surface area contributed by atoms with E-state index >= 15 is 0 Å². The Kier molecular flexibility index (Phi) is 5.41. The Balaban J connectivity index is 1.77. The van der Waals surface area contributed by atoms with Gasteiger partial charge in [-0.15, -0.1) is 0 Å². The molecular formula is C16H23NO3. The van der Waals surface area contributed by atoms with Gasteiger partial charge in [0, 0.05) is 13.1 Å². The van der Waals surface area contributed by atoms with Gasteiger partial charge in [-0.05, 0) is 37.9 Å². The molecule has 2 rings (SSSR count). The summed E-state index contributed by atoms with van der Waals surface area (Å²) in [5, 5.41) is 0. The summed E-state index contributed by atoms with van der Waals surface area (Å²) in [5.74, 6) is 0.871. The van der Waals surface area contributed by atoms with E-state index in [1.54, 1.807) is 0 Å². The second kappa shape index (κ2) is 7.29. The fourth-order valence-electron chi connectivity index (χ4n) is 2.62. The molecule has 0 bridgehead atoms. The Morgan fingerprint density at radius 1 is 1.40 bits per heavy atom. The molecule has 1 aliphatic rings. The first-order chi connectivity index (χ1) is 9.70. The molecule has 1 atom stereocenters. The molecule has 1 heterocycles. The Labute approximate surface area is 120 Å². The highest BCUT2D eigenvalue weighted by Crippen LogP contribution is 2.19. The number of aryl methyl sites for hydroxylation is 1. The lowest BCUT2D eigenvalue weighted by molar-refractivity contribution is -0.147. The van der Waals surface area contributed by atoms with E-state index < -0.39 is 0 Å². The highest BCUT2D eigenvalue weighted by Gasteiger charge is 2.26. The van der Waals surface area contributed by atoms with Crippen LogP contribution in [0.4, 0.5) is 0 Å². The Morgan fingerprint density at radius 3 is 2.95 bits per heavy atom. The van der Waals surface area contributed by atoms with Gasteiger partial charge < -0.3 is 9.47 Å². The molecule has 1 saturated heterocycles. The third kappa shape index (κ3) is 3.97. The van der Waals surface area contributed by atoms with Gasteiger partial charge in [-0.25, -0.2) is 0 Å². The summed E-state index contributed by atoms with van der Waals surface area (Å²) in [6.07, 6.45) is 1.98. The number of piperidine rings is 1. The predicted octanol–water partition coefficient (Wildman–Crippen LogP) is 2.26. The molecule has 20 heavy (non-hydrogen) atoms. The number of carbonyl (C=O) groups is 1. The fraction of sp³-hybridized carbons (Fsp3) is 0.562. The summed E-state index contributed by atoms with van der Waals surface area (Å²) in [7, 11) is 1.46. The number of likely N-dealkylation sites (tertiary alicyclic amines) is 1. The summed E-state index contributed by atoms with van der Waals surface area (Å²) in [4.78, 5) is 13.9. The van der Waals surface area contributed by atoms with Crippen LogP contribution in [0, 0.1) is 12.8 Å². The molecule has 1 aliphatic heterocycles. The van der Waals surface area contributed by atoms with Crippen molar-refractivity contribution in [3.63, 3.8) is 0 Å². The molecule has 0 N–H and O–H groups in total. The number of nitrogens with zero attached hydrogens (tertiary/aromatic N) is 1. The van der Waals surface area contributed by atoms with Crippen LogP contribution >= 0.6 is 0 Å². The summed E-state index contributed by atoms with van der Waals surface area (Å²) in [6, 6.07) is 8.02. The molecule has 0 radical (unpaired) electrons. The van der Waals surface area contributed by atoms with Crippen molar-refractivity contribution in [3.8, 4) is 5.75 Å². The number of benzene rings is 1. The van der Waals surface area contributed by atoms with Gasteiger partial charge in [0.2, 0.25) is 0 Å². The van der Waals surface area contributed by atoms with Crippen LogP contribution in [0.15, 0.2) is 24.3 Å². The molecule has 1 unspecified atom stereocenters. The number of para-hydroxylation sites is 1. The molecule has 0 aliphatic carbocycles. The van der Waals surface area contributed by atoms with Gasteiger partial charge in [0.15, 0.2) is 0 Å². The van der Waals surface area contributed by atoms with Gasteiger partial charge in [0.25, 0.3) is 0 Å². The number of methoxy groups -OCH3 is 1. The van der Waals surface area contributed by atoms with Crippen LogP contribution < -0.4 is 4.74 Å². The van der Waals surface area contributed by atoms with Gasteiger partial charge in [-0.3, -0.25) is 9.69 Å². The quantitative estimate of drug-likeness (QED) is 0.774. The second-order valence-corrected chi connectivity index (χ2v) is 5.28. The number of ether oxygens (including phenoxy) is 2. The minimum Gasteiger partial charge on any atom is -0.492 e. The van der Waals surface area contributed by atoms with Crippen molar-refractivity contribution in [1.82, 2.24) is 4.90 Å². The standard InChI is InChI=1S/C16H23NO3/c1-13-6-3-4-8-15(13)20-11-10-17-9-5-7-14(12-17)16(18)19-2/h3-4,6,8,14H,5,7,9-12H2,1-2H3. The normalized spacial score (nSPS) is 19.6. The summed E-state index contributed by atoms with van der Waals surface area (Å²) in [5.41, 5.74) is 1.15. The Bertz CT molecular complexity index is 447. The van der Waals surface area contributed by atoms with E-state index in [-0.39, 0.29) is 11.9 Å². The van der Waals surface area contributed by atoms with Gasteiger partial charge >= 0.3 is 5.97 Å². The molecule has 1 fully saturated rings. The molecule has 4 nitrogen and oxygen atoms in total. The molecule has 1 aromatic carbocycles. The number of esters is 1. The zero-order valence-electron chi connectivity index (χ0n) is 12.3. The molecule has 1 aromatic rings. The highest BCUT2D eigenvalue weighted by atomic mass is 16.5. The second-order valence-electron chi connectivity index (χ2n) is 5.28. The monoisotopic (exact) mass is 277 g/mol. The zero-order chi connectivity index (χ0) is 14.4. The van der Waals surface area contributed by atoms with E-state index in [0.29, 0.717) is 6.61 Å². The molecule has 0 saturated carbocycles. The number of rotatable bonds is 5. The van der Waals surface area contributed by atoms with E-state index in [1.165, 1.54) is 7.11 Å². The van der Waals surface area contributed by atoms with Crippen molar-refractivity contribution in [2.45, 2.75) is 19.8 Å². The Hall–Kier alpha value is -1.55. The smallest absolute Gasteiger partial charge is 0.309 e. The zero-order valence-corrected chi connectivity index (χ0v) is 12.3. The molecule has 0 amide bonds. The van der Waals surface area contributed by atoms with Crippen LogP contribution in [0.2, 0.25) is 0 Å². The average Bonchev–Trinajstić information content (AvgIpc) is 2.49. The van der Waals surface area contributed by atoms with Crippen LogP contribution in [0.1, 0.15) is 18.4 Å². The molecular weight excluding hydrogens is 254 g/mol. The third-order valence-corrected chi connectivity index (χ3v) is 3.80. The highest BCUT2D eigenvalue weighted by molar-refractivity contribution is 5.72. The fourth-order valence-corrected chi connectivity index (χ4v) is 2.62. The minimum atomic E-state index is -0.0884. The van der Waals surface area contributed by atoms with Crippen LogP contribution in [-0.4, -0.2) is 44.2 Å². The van der Waals surface area contributed by atoms with Crippen LogP contribution in [0.3, 0.4) is 0 Å². The van der Waals surface area contributed by atoms with E-state index in [1.807, 2.05) is 31.2 Å². The summed E-state index contributed by atoms with van der Waals surface area (Å²) in [6.45, 7) is 5.36. The number of hydrogen-bond donors (Lipinski definition) is 0. The van der Waals surface area contributed by atoms with Crippen LogP contribution in [0.5, 0.6) is 5.75 Å². The van der Waals surface area contributed by atoms with E-state index in [0.717, 1.165) is 43.8 Å².